The van der Waals surface area contributed by atoms with Crippen LogP contribution in [0.15, 0.2) is 48.5 Å². The smallest absolute Gasteiger partial charge is 0.407 e. The fourth-order valence-corrected chi connectivity index (χ4v) is 6.58. The molecule has 1 unspecified atom stereocenters. The van der Waals surface area contributed by atoms with Gasteiger partial charge in [0.2, 0.25) is 5.91 Å². The minimum atomic E-state index is -0.808. The van der Waals surface area contributed by atoms with Crippen LogP contribution in [-0.4, -0.2) is 53.7 Å². The standard InChI is InChI=1S/C28H30N2O5/c1-16(25(31)32)17-13-30(14-17)26(33)28-11-18(28)10-19(12-28)29-27(34)35-15-24-22-8-4-2-6-20(22)21-7-3-5-9-23(21)24/h2-9,16-19,24H,10-15H2,1H3,(H,29,34)(H,31,32)/t16?,18-,19+,28+/m1/s1. The van der Waals surface area contributed by atoms with Crippen molar-refractivity contribution in [2.45, 2.75) is 38.1 Å². The number of carbonyl (C=O) groups is 3. The van der Waals surface area contributed by atoms with Gasteiger partial charge in [-0.2, -0.15) is 0 Å². The number of rotatable bonds is 6. The third kappa shape index (κ3) is 3.60. The highest BCUT2D eigenvalue weighted by atomic mass is 16.5. The van der Waals surface area contributed by atoms with Crippen molar-refractivity contribution in [3.8, 4) is 11.1 Å². The molecule has 0 bridgehead atoms. The minimum Gasteiger partial charge on any atom is -0.481 e. The minimum absolute atomic E-state index is 0.0191. The molecule has 0 radical (unpaired) electrons. The zero-order chi connectivity index (χ0) is 24.3. The van der Waals surface area contributed by atoms with Crippen molar-refractivity contribution in [1.82, 2.24) is 10.2 Å². The summed E-state index contributed by atoms with van der Waals surface area (Å²) in [6.07, 6.45) is 1.86. The fraction of sp³-hybridized carbons (Fsp3) is 0.464. The van der Waals surface area contributed by atoms with Crippen molar-refractivity contribution in [1.29, 1.82) is 0 Å². The molecule has 0 aromatic heterocycles. The van der Waals surface area contributed by atoms with Gasteiger partial charge in [-0.1, -0.05) is 55.5 Å². The Morgan fingerprint density at radius 1 is 1.06 bits per heavy atom. The van der Waals surface area contributed by atoms with E-state index in [9.17, 15) is 19.5 Å². The molecule has 4 aliphatic rings. The first-order chi connectivity index (χ1) is 16.9. The maximum atomic E-state index is 13.1. The first-order valence-corrected chi connectivity index (χ1v) is 12.5. The lowest BCUT2D eigenvalue weighted by Crippen LogP contribution is -2.55. The molecule has 7 nitrogen and oxygen atoms in total. The monoisotopic (exact) mass is 474 g/mol. The van der Waals surface area contributed by atoms with Crippen LogP contribution in [0.1, 0.15) is 43.2 Å². The van der Waals surface area contributed by atoms with Gasteiger partial charge in [-0.15, -0.1) is 0 Å². The normalized spacial score (nSPS) is 27.3. The maximum absolute atomic E-state index is 13.1. The van der Waals surface area contributed by atoms with Gasteiger partial charge in [-0.3, -0.25) is 9.59 Å². The number of carboxylic acid groups (broad SMARTS) is 1. The van der Waals surface area contributed by atoms with Crippen LogP contribution >= 0.6 is 0 Å². The molecule has 2 aromatic rings. The second-order valence-electron chi connectivity index (χ2n) is 10.8. The van der Waals surface area contributed by atoms with E-state index in [0.717, 1.165) is 12.8 Å². The van der Waals surface area contributed by atoms with E-state index < -0.39 is 18.0 Å². The number of amides is 2. The number of carbonyl (C=O) groups excluding carboxylic acids is 2. The number of ether oxygens (including phenoxy) is 1. The number of hydrogen-bond acceptors (Lipinski definition) is 4. The topological polar surface area (TPSA) is 95.9 Å². The first-order valence-electron chi connectivity index (χ1n) is 12.5. The Bertz CT molecular complexity index is 1160. The number of nitrogens with zero attached hydrogens (tertiary/aromatic N) is 1. The molecule has 3 fully saturated rings. The summed E-state index contributed by atoms with van der Waals surface area (Å²) in [5.74, 6) is -0.763. The highest BCUT2D eigenvalue weighted by molar-refractivity contribution is 5.88. The van der Waals surface area contributed by atoms with Crippen molar-refractivity contribution >= 4 is 18.0 Å². The molecule has 1 saturated heterocycles. The quantitative estimate of drug-likeness (QED) is 0.663. The molecule has 1 heterocycles. The van der Waals surface area contributed by atoms with Crippen LogP contribution in [0.25, 0.3) is 11.1 Å². The lowest BCUT2D eigenvalue weighted by molar-refractivity contribution is -0.153. The number of nitrogens with one attached hydrogen (secondary N) is 1. The molecule has 2 amide bonds. The second kappa shape index (κ2) is 8.11. The molecule has 3 aliphatic carbocycles. The molecule has 0 spiro atoms. The van der Waals surface area contributed by atoms with Gasteiger partial charge in [0.1, 0.15) is 6.61 Å². The van der Waals surface area contributed by atoms with Gasteiger partial charge in [0, 0.05) is 31.0 Å². The molecule has 4 atom stereocenters. The van der Waals surface area contributed by atoms with Crippen molar-refractivity contribution in [2.75, 3.05) is 19.7 Å². The molecule has 2 aromatic carbocycles. The summed E-state index contributed by atoms with van der Waals surface area (Å²) in [4.78, 5) is 38.8. The Kier molecular flexibility index (Phi) is 5.13. The van der Waals surface area contributed by atoms with Crippen LogP contribution in [0.5, 0.6) is 0 Å². The average molecular weight is 475 g/mol. The number of hydrogen-bond donors (Lipinski definition) is 2. The highest BCUT2D eigenvalue weighted by Crippen LogP contribution is 2.64. The lowest BCUT2D eigenvalue weighted by atomic mass is 9.85. The predicted octanol–water partition coefficient (Wildman–Crippen LogP) is 3.87. The van der Waals surface area contributed by atoms with Crippen LogP contribution in [0.4, 0.5) is 4.79 Å². The fourth-order valence-electron chi connectivity index (χ4n) is 6.58. The summed E-state index contributed by atoms with van der Waals surface area (Å²) < 4.78 is 5.69. The molecule has 2 saturated carbocycles. The van der Waals surface area contributed by atoms with Crippen LogP contribution in [0.3, 0.4) is 0 Å². The van der Waals surface area contributed by atoms with E-state index in [0.29, 0.717) is 25.4 Å². The van der Waals surface area contributed by atoms with Crippen LogP contribution in [-0.2, 0) is 14.3 Å². The Balaban J connectivity index is 1.03. The molecule has 6 rings (SSSR count). The first kappa shape index (κ1) is 22.1. The van der Waals surface area contributed by atoms with Crippen LogP contribution in [0, 0.1) is 23.2 Å². The van der Waals surface area contributed by atoms with E-state index in [1.54, 1.807) is 11.8 Å². The van der Waals surface area contributed by atoms with Gasteiger partial charge in [0.25, 0.3) is 0 Å². The van der Waals surface area contributed by atoms with Gasteiger partial charge in [0.05, 0.1) is 11.3 Å². The molecular weight excluding hydrogens is 444 g/mol. The summed E-state index contributed by atoms with van der Waals surface area (Å²) >= 11 is 0. The molecule has 182 valence electrons. The Labute approximate surface area is 204 Å². The number of alkyl carbamates (subject to hydrolysis) is 1. The largest absolute Gasteiger partial charge is 0.481 e. The van der Waals surface area contributed by atoms with E-state index >= 15 is 0 Å². The number of aliphatic carboxylic acids is 1. The number of benzene rings is 2. The zero-order valence-corrected chi connectivity index (χ0v) is 19.8. The summed E-state index contributed by atoms with van der Waals surface area (Å²) in [5, 5.41) is 12.2. The lowest BCUT2D eigenvalue weighted by Gasteiger charge is -2.43. The van der Waals surface area contributed by atoms with E-state index in [-0.39, 0.29) is 35.8 Å². The van der Waals surface area contributed by atoms with Crippen LogP contribution < -0.4 is 5.32 Å². The Morgan fingerprint density at radius 2 is 1.69 bits per heavy atom. The molecule has 7 heteroatoms. The third-order valence-electron chi connectivity index (χ3n) is 8.80. The van der Waals surface area contributed by atoms with Crippen molar-refractivity contribution in [2.24, 2.45) is 23.2 Å². The van der Waals surface area contributed by atoms with Crippen LogP contribution in [0.2, 0.25) is 0 Å². The SMILES string of the molecule is CC(C(=O)O)C1CN(C(=O)[C@@]23C[C@@H](NC(=O)OCC4c5ccccc5-c5ccccc54)C[C@@H]2C3)C1. The Hall–Kier alpha value is -3.35. The second-order valence-corrected chi connectivity index (χ2v) is 10.8. The van der Waals surface area contributed by atoms with Gasteiger partial charge >= 0.3 is 12.1 Å². The van der Waals surface area contributed by atoms with E-state index in [1.807, 2.05) is 24.3 Å². The molecule has 1 aliphatic heterocycles. The summed E-state index contributed by atoms with van der Waals surface area (Å²) in [5.41, 5.74) is 4.37. The Morgan fingerprint density at radius 3 is 2.31 bits per heavy atom. The van der Waals surface area contributed by atoms with E-state index in [1.165, 1.54) is 22.3 Å². The number of likely N-dealkylation sites (tertiary alicyclic amines) is 1. The van der Waals surface area contributed by atoms with E-state index in [4.69, 9.17) is 4.74 Å². The van der Waals surface area contributed by atoms with Gasteiger partial charge in [-0.05, 0) is 47.4 Å². The van der Waals surface area contributed by atoms with Gasteiger partial charge in [-0.25, -0.2) is 4.79 Å². The molecular formula is C28H30N2O5. The van der Waals surface area contributed by atoms with Crippen molar-refractivity contribution in [3.05, 3.63) is 59.7 Å². The predicted molar refractivity (Wildman–Crippen MR) is 129 cm³/mol. The number of fused-ring (bicyclic) bond motifs is 4. The number of carboxylic acids is 1. The zero-order valence-electron chi connectivity index (χ0n) is 19.8. The molecule has 2 N–H and O–H groups in total. The van der Waals surface area contributed by atoms with E-state index in [2.05, 4.69) is 29.6 Å². The van der Waals surface area contributed by atoms with Gasteiger partial charge in [0.15, 0.2) is 0 Å². The third-order valence-corrected chi connectivity index (χ3v) is 8.80. The van der Waals surface area contributed by atoms with Crippen molar-refractivity contribution < 1.29 is 24.2 Å². The van der Waals surface area contributed by atoms with Crippen molar-refractivity contribution in [3.63, 3.8) is 0 Å². The molecule has 35 heavy (non-hydrogen) atoms. The average Bonchev–Trinajstić information content (AvgIpc) is 3.25. The summed E-state index contributed by atoms with van der Waals surface area (Å²) in [6.45, 7) is 3.02. The summed E-state index contributed by atoms with van der Waals surface area (Å²) in [7, 11) is 0. The highest BCUT2D eigenvalue weighted by Gasteiger charge is 2.66. The summed E-state index contributed by atoms with van der Waals surface area (Å²) in [6, 6.07) is 16.4. The van der Waals surface area contributed by atoms with Gasteiger partial charge < -0.3 is 20.1 Å². The maximum Gasteiger partial charge on any atom is 0.407 e.